The topological polar surface area (TPSA) is 80.5 Å². The lowest BCUT2D eigenvalue weighted by atomic mass is 9.84. The van der Waals surface area contributed by atoms with Gasteiger partial charge in [0, 0.05) is 42.6 Å². The van der Waals surface area contributed by atoms with Crippen LogP contribution in [-0.2, 0) is 24.9 Å². The van der Waals surface area contributed by atoms with Crippen LogP contribution in [0.2, 0.25) is 0 Å². The SMILES string of the molecule is Cc1ccc(C(CC(=O)O)c2ccc3c(nnn3C)c2C)cc1CN1Cc2ccc(Br)cc2O[C@@H](C)C1. The molecule has 1 N–H and O–H groups in total. The van der Waals surface area contributed by atoms with Gasteiger partial charge in [0.2, 0.25) is 0 Å². The van der Waals surface area contributed by atoms with Crippen molar-refractivity contribution < 1.29 is 14.6 Å². The van der Waals surface area contributed by atoms with Crippen molar-refractivity contribution in [1.82, 2.24) is 19.9 Å². The maximum Gasteiger partial charge on any atom is 0.304 e. The highest BCUT2D eigenvalue weighted by Crippen LogP contribution is 2.35. The van der Waals surface area contributed by atoms with Gasteiger partial charge < -0.3 is 9.84 Å². The smallest absolute Gasteiger partial charge is 0.304 e. The number of aliphatic carboxylic acids is 1. The number of hydrogen-bond acceptors (Lipinski definition) is 5. The summed E-state index contributed by atoms with van der Waals surface area (Å²) in [5, 5.41) is 18.3. The second-order valence-corrected chi connectivity index (χ2v) is 11.0. The number of halogens is 1. The van der Waals surface area contributed by atoms with Gasteiger partial charge >= 0.3 is 5.97 Å². The minimum atomic E-state index is -0.827. The van der Waals surface area contributed by atoms with Crippen LogP contribution in [0.15, 0.2) is 53.0 Å². The fourth-order valence-corrected chi connectivity index (χ4v) is 5.68. The lowest BCUT2D eigenvalue weighted by molar-refractivity contribution is -0.137. The summed E-state index contributed by atoms with van der Waals surface area (Å²) >= 11 is 3.55. The summed E-state index contributed by atoms with van der Waals surface area (Å²) in [6.45, 7) is 8.57. The molecule has 37 heavy (non-hydrogen) atoms. The lowest BCUT2D eigenvalue weighted by Crippen LogP contribution is -2.30. The zero-order valence-electron chi connectivity index (χ0n) is 21.5. The third-order valence-electron chi connectivity index (χ3n) is 7.27. The summed E-state index contributed by atoms with van der Waals surface area (Å²) in [6.07, 6.45) is 0.0616. The molecule has 2 heterocycles. The van der Waals surface area contributed by atoms with Gasteiger partial charge in [0.25, 0.3) is 0 Å². The normalized spacial score (nSPS) is 16.7. The first-order valence-corrected chi connectivity index (χ1v) is 13.3. The van der Waals surface area contributed by atoms with Crippen molar-refractivity contribution in [3.8, 4) is 5.75 Å². The molecule has 2 atom stereocenters. The summed E-state index contributed by atoms with van der Waals surface area (Å²) in [4.78, 5) is 14.4. The van der Waals surface area contributed by atoms with E-state index < -0.39 is 5.97 Å². The fraction of sp³-hybridized carbons (Fsp3) is 0.345. The number of carbonyl (C=O) groups is 1. The van der Waals surface area contributed by atoms with E-state index in [0.29, 0.717) is 0 Å². The highest BCUT2D eigenvalue weighted by atomic mass is 79.9. The Balaban J connectivity index is 1.49. The van der Waals surface area contributed by atoms with E-state index in [1.807, 2.05) is 32.2 Å². The predicted molar refractivity (Wildman–Crippen MR) is 147 cm³/mol. The fourth-order valence-electron chi connectivity index (χ4n) is 5.34. The number of nitrogens with zero attached hydrogens (tertiary/aromatic N) is 4. The van der Waals surface area contributed by atoms with E-state index in [1.54, 1.807) is 4.68 Å². The molecular weight excluding hydrogens is 532 g/mol. The number of aryl methyl sites for hydroxylation is 3. The maximum atomic E-state index is 12.0. The van der Waals surface area contributed by atoms with Crippen molar-refractivity contribution in [1.29, 1.82) is 0 Å². The molecule has 0 amide bonds. The molecule has 7 nitrogen and oxygen atoms in total. The molecule has 4 aromatic rings. The summed E-state index contributed by atoms with van der Waals surface area (Å²) in [6, 6.07) is 16.6. The van der Waals surface area contributed by atoms with Crippen molar-refractivity contribution in [2.45, 2.75) is 52.3 Å². The molecule has 3 aromatic carbocycles. The zero-order chi connectivity index (χ0) is 26.3. The summed E-state index contributed by atoms with van der Waals surface area (Å²) < 4.78 is 8.95. The molecule has 0 fully saturated rings. The van der Waals surface area contributed by atoms with Gasteiger partial charge in [-0.1, -0.05) is 51.5 Å². The molecule has 0 bridgehead atoms. The Morgan fingerprint density at radius 3 is 2.78 bits per heavy atom. The van der Waals surface area contributed by atoms with Crippen molar-refractivity contribution >= 4 is 32.9 Å². The molecule has 1 unspecified atom stereocenters. The maximum absolute atomic E-state index is 12.0. The molecule has 0 radical (unpaired) electrons. The Labute approximate surface area is 225 Å². The monoisotopic (exact) mass is 562 g/mol. The Bertz CT molecular complexity index is 1480. The van der Waals surface area contributed by atoms with E-state index in [1.165, 1.54) is 11.1 Å². The van der Waals surface area contributed by atoms with Crippen LogP contribution in [0, 0.1) is 13.8 Å². The zero-order valence-corrected chi connectivity index (χ0v) is 23.1. The van der Waals surface area contributed by atoms with E-state index in [-0.39, 0.29) is 18.4 Å². The molecule has 0 saturated heterocycles. The van der Waals surface area contributed by atoms with Crippen LogP contribution < -0.4 is 4.74 Å². The van der Waals surface area contributed by atoms with E-state index >= 15 is 0 Å². The molecule has 1 aliphatic heterocycles. The molecular formula is C29H31BrN4O3. The summed E-state index contributed by atoms with van der Waals surface area (Å²) in [5.74, 6) is -0.189. The van der Waals surface area contributed by atoms with Gasteiger partial charge in [-0.3, -0.25) is 9.69 Å². The van der Waals surface area contributed by atoms with Crippen LogP contribution in [0.25, 0.3) is 11.0 Å². The van der Waals surface area contributed by atoms with Crippen LogP contribution in [0.5, 0.6) is 5.75 Å². The number of rotatable bonds is 6. The quantitative estimate of drug-likeness (QED) is 0.323. The van der Waals surface area contributed by atoms with Gasteiger partial charge in [-0.15, -0.1) is 5.10 Å². The van der Waals surface area contributed by atoms with E-state index in [0.717, 1.165) is 63.1 Å². The standard InChI is InChI=1S/C29H31BrN4O3/c1-17-5-6-20(25(13-28(35)36)24-9-10-26-29(19(24)3)31-32-33(26)4)11-22(17)16-34-14-18(2)37-27-12-23(30)8-7-21(27)15-34/h5-12,18,25H,13-16H2,1-4H3,(H,35,36)/t18-,25?/m0/s1. The third kappa shape index (κ3) is 5.26. The van der Waals surface area contributed by atoms with E-state index in [9.17, 15) is 9.90 Å². The molecule has 8 heteroatoms. The van der Waals surface area contributed by atoms with E-state index in [2.05, 4.69) is 75.3 Å². The molecule has 1 aliphatic rings. The van der Waals surface area contributed by atoms with Crippen LogP contribution >= 0.6 is 15.9 Å². The van der Waals surface area contributed by atoms with Gasteiger partial charge in [-0.25, -0.2) is 4.68 Å². The minimum Gasteiger partial charge on any atom is -0.489 e. The molecule has 0 saturated carbocycles. The average Bonchev–Trinajstić information content (AvgIpc) is 3.14. The van der Waals surface area contributed by atoms with Crippen molar-refractivity contribution in [2.24, 2.45) is 7.05 Å². The summed E-state index contributed by atoms with van der Waals surface area (Å²) in [7, 11) is 1.86. The number of ether oxygens (including phenoxy) is 1. The third-order valence-corrected chi connectivity index (χ3v) is 7.76. The number of aromatic nitrogens is 3. The van der Waals surface area contributed by atoms with Gasteiger partial charge in [-0.2, -0.15) is 0 Å². The first-order valence-electron chi connectivity index (χ1n) is 12.5. The van der Waals surface area contributed by atoms with Crippen molar-refractivity contribution in [3.05, 3.63) is 86.4 Å². The number of fused-ring (bicyclic) bond motifs is 2. The average molecular weight is 563 g/mol. The van der Waals surface area contributed by atoms with E-state index in [4.69, 9.17) is 4.74 Å². The molecule has 5 rings (SSSR count). The number of carboxylic acids is 1. The Hall–Kier alpha value is -3.23. The van der Waals surface area contributed by atoms with Crippen LogP contribution in [0.1, 0.15) is 52.6 Å². The number of benzene rings is 3. The molecule has 192 valence electrons. The van der Waals surface area contributed by atoms with Gasteiger partial charge in [0.1, 0.15) is 17.4 Å². The second-order valence-electron chi connectivity index (χ2n) is 10.0. The van der Waals surface area contributed by atoms with Gasteiger partial charge in [-0.05, 0) is 66.8 Å². The molecule has 0 spiro atoms. The highest BCUT2D eigenvalue weighted by molar-refractivity contribution is 9.10. The van der Waals surface area contributed by atoms with Crippen LogP contribution in [0.3, 0.4) is 0 Å². The number of hydrogen-bond donors (Lipinski definition) is 1. The summed E-state index contributed by atoms with van der Waals surface area (Å²) in [5.41, 5.74) is 8.24. The Morgan fingerprint density at radius 1 is 1.19 bits per heavy atom. The molecule has 0 aliphatic carbocycles. The Kier molecular flexibility index (Phi) is 7.05. The largest absolute Gasteiger partial charge is 0.489 e. The predicted octanol–water partition coefficient (Wildman–Crippen LogP) is 5.74. The van der Waals surface area contributed by atoms with Gasteiger partial charge in [0.15, 0.2) is 0 Å². The Morgan fingerprint density at radius 2 is 2.00 bits per heavy atom. The second kappa shape index (κ2) is 10.3. The minimum absolute atomic E-state index is 0.00590. The van der Waals surface area contributed by atoms with Gasteiger partial charge in [0.05, 0.1) is 11.9 Å². The molecule has 1 aromatic heterocycles. The van der Waals surface area contributed by atoms with Crippen molar-refractivity contribution in [3.63, 3.8) is 0 Å². The number of carboxylic acid groups (broad SMARTS) is 1. The van der Waals surface area contributed by atoms with Crippen LogP contribution in [-0.4, -0.2) is 43.6 Å². The highest BCUT2D eigenvalue weighted by Gasteiger charge is 2.24. The van der Waals surface area contributed by atoms with Crippen LogP contribution in [0.4, 0.5) is 0 Å². The van der Waals surface area contributed by atoms with Crippen molar-refractivity contribution in [2.75, 3.05) is 6.54 Å². The first kappa shape index (κ1) is 25.4. The lowest BCUT2D eigenvalue weighted by Gasteiger charge is -2.24. The first-order chi connectivity index (χ1) is 17.7.